The first-order chi connectivity index (χ1) is 10.8. The molecular weight excluding hydrogens is 323 g/mol. The smallest absolute Gasteiger partial charge is 0.326 e. The molecule has 0 radical (unpaired) electrons. The molecule has 2 aromatic heterocycles. The Hall–Kier alpha value is -1.74. The van der Waals surface area contributed by atoms with Gasteiger partial charge >= 0.3 is 7.60 Å². The van der Waals surface area contributed by atoms with Gasteiger partial charge in [-0.3, -0.25) is 14.3 Å². The van der Waals surface area contributed by atoms with Crippen LogP contribution in [-0.4, -0.2) is 60.0 Å². The van der Waals surface area contributed by atoms with Crippen molar-refractivity contribution in [3.63, 3.8) is 0 Å². The number of hydrogen-bond acceptors (Lipinski definition) is 6. The van der Waals surface area contributed by atoms with Gasteiger partial charge in [0, 0.05) is 19.6 Å². The van der Waals surface area contributed by atoms with E-state index in [0.717, 1.165) is 13.0 Å². The molecule has 0 bridgehead atoms. The third kappa shape index (κ3) is 4.87. The van der Waals surface area contributed by atoms with Crippen molar-refractivity contribution >= 4 is 24.7 Å². The summed E-state index contributed by atoms with van der Waals surface area (Å²) < 4.78 is 12.7. The van der Waals surface area contributed by atoms with Crippen LogP contribution in [0.3, 0.4) is 0 Å². The van der Waals surface area contributed by atoms with Crippen LogP contribution in [0.15, 0.2) is 11.1 Å². The predicted molar refractivity (Wildman–Crippen MR) is 86.2 cm³/mol. The van der Waals surface area contributed by atoms with Gasteiger partial charge in [-0.25, -0.2) is 4.98 Å². The number of nitrogens with zero attached hydrogens (tertiary/aromatic N) is 4. The molecule has 0 aromatic carbocycles. The van der Waals surface area contributed by atoms with Crippen molar-refractivity contribution in [2.24, 2.45) is 0 Å². The molecule has 10 nitrogen and oxygen atoms in total. The highest BCUT2D eigenvalue weighted by atomic mass is 31.2. The number of H-pyrrole nitrogens is 1. The van der Waals surface area contributed by atoms with E-state index in [0.29, 0.717) is 25.3 Å². The van der Waals surface area contributed by atoms with E-state index in [9.17, 15) is 9.36 Å². The molecule has 11 heteroatoms. The predicted octanol–water partition coefficient (Wildman–Crippen LogP) is -0.408. The third-order valence-electron chi connectivity index (χ3n) is 3.40. The minimum Gasteiger partial charge on any atom is -0.369 e. The molecule has 0 unspecified atom stereocenters. The summed E-state index contributed by atoms with van der Waals surface area (Å²) in [6.07, 6.45) is 2.21. The lowest BCUT2D eigenvalue weighted by Crippen LogP contribution is -2.31. The molecule has 128 valence electrons. The number of aromatic nitrogens is 4. The molecule has 0 saturated carbocycles. The quantitative estimate of drug-likeness (QED) is 0.472. The van der Waals surface area contributed by atoms with Gasteiger partial charge in [-0.15, -0.1) is 0 Å². The van der Waals surface area contributed by atoms with Crippen LogP contribution in [0.4, 0.5) is 5.95 Å². The van der Waals surface area contributed by atoms with E-state index < -0.39 is 13.2 Å². The number of aromatic amines is 1. The van der Waals surface area contributed by atoms with Gasteiger partial charge in [0.1, 0.15) is 0 Å². The monoisotopic (exact) mass is 344 g/mol. The Bertz CT molecular complexity index is 766. The van der Waals surface area contributed by atoms with E-state index in [-0.39, 0.29) is 17.6 Å². The molecule has 0 aliphatic carbocycles. The van der Waals surface area contributed by atoms with Crippen molar-refractivity contribution < 1.29 is 14.4 Å². The summed E-state index contributed by atoms with van der Waals surface area (Å²) in [5.41, 5.74) is 5.78. The van der Waals surface area contributed by atoms with Gasteiger partial charge in [-0.2, -0.15) is 4.98 Å². The molecule has 23 heavy (non-hydrogen) atoms. The summed E-state index contributed by atoms with van der Waals surface area (Å²) in [4.78, 5) is 42.2. The van der Waals surface area contributed by atoms with Crippen LogP contribution in [0.25, 0.3) is 11.2 Å². The number of hydrogen-bond donors (Lipinski definition) is 4. The number of imidazole rings is 1. The van der Waals surface area contributed by atoms with Crippen molar-refractivity contribution in [3.05, 3.63) is 16.7 Å². The number of anilines is 1. The third-order valence-corrected chi connectivity index (χ3v) is 4.18. The second-order valence-corrected chi connectivity index (χ2v) is 7.07. The Balaban J connectivity index is 2.08. The molecule has 0 aliphatic rings. The zero-order valence-corrected chi connectivity index (χ0v) is 13.7. The summed E-state index contributed by atoms with van der Waals surface area (Å²) in [5, 5.41) is 0. The second kappa shape index (κ2) is 7.22. The normalized spacial score (nSPS) is 12.3. The number of nitrogens with one attached hydrogen (secondary N) is 1. The van der Waals surface area contributed by atoms with E-state index in [2.05, 4.69) is 15.0 Å². The fourth-order valence-electron chi connectivity index (χ4n) is 2.31. The molecule has 0 aliphatic heterocycles. The minimum atomic E-state index is -4.01. The topological polar surface area (TPSA) is 150 Å². The molecule has 2 heterocycles. The summed E-state index contributed by atoms with van der Waals surface area (Å²) in [6, 6.07) is 0. The van der Waals surface area contributed by atoms with E-state index in [1.54, 1.807) is 4.57 Å². The van der Waals surface area contributed by atoms with Crippen molar-refractivity contribution in [1.29, 1.82) is 0 Å². The standard InChI is InChI=1S/C12H21N6O4P/c1-2-3-17(6-7-23(20,21)22)4-5-18-8-14-9-10(18)15-12(13)16-11(9)19/h8H,2-7H2,1H3,(H2,20,21,22)(H3,13,15,16,19). The number of fused-ring (bicyclic) bond motifs is 1. The van der Waals surface area contributed by atoms with Crippen molar-refractivity contribution in [3.8, 4) is 0 Å². The second-order valence-electron chi connectivity index (χ2n) is 5.29. The molecular formula is C12H21N6O4P. The van der Waals surface area contributed by atoms with E-state index >= 15 is 0 Å². The average Bonchev–Trinajstić information content (AvgIpc) is 2.84. The number of nitrogens with two attached hydrogens (primary N) is 1. The van der Waals surface area contributed by atoms with Crippen LogP contribution in [0.5, 0.6) is 0 Å². The van der Waals surface area contributed by atoms with Crippen LogP contribution >= 0.6 is 7.60 Å². The molecule has 2 aromatic rings. The lowest BCUT2D eigenvalue weighted by atomic mass is 10.4. The molecule has 2 rings (SSSR count). The van der Waals surface area contributed by atoms with Gasteiger partial charge in [0.2, 0.25) is 5.95 Å². The first-order valence-corrected chi connectivity index (χ1v) is 9.07. The highest BCUT2D eigenvalue weighted by molar-refractivity contribution is 7.51. The van der Waals surface area contributed by atoms with E-state index in [1.165, 1.54) is 6.33 Å². The first-order valence-electron chi connectivity index (χ1n) is 7.27. The van der Waals surface area contributed by atoms with E-state index in [1.807, 2.05) is 11.8 Å². The fraction of sp³-hybridized carbons (Fsp3) is 0.583. The van der Waals surface area contributed by atoms with Crippen molar-refractivity contribution in [2.45, 2.75) is 19.9 Å². The van der Waals surface area contributed by atoms with Gasteiger partial charge in [0.25, 0.3) is 5.56 Å². The summed E-state index contributed by atoms with van der Waals surface area (Å²) in [5.74, 6) is 0.0242. The molecule has 0 amide bonds. The SMILES string of the molecule is CCCN(CCn1cnc2c(=O)[nH]c(N)nc21)CCP(=O)(O)O. The summed E-state index contributed by atoms with van der Waals surface area (Å²) >= 11 is 0. The van der Waals surface area contributed by atoms with Crippen LogP contribution in [0.2, 0.25) is 0 Å². The maximum atomic E-state index is 11.7. The first kappa shape index (κ1) is 17.6. The summed E-state index contributed by atoms with van der Waals surface area (Å²) in [6.45, 7) is 4.09. The van der Waals surface area contributed by atoms with Crippen LogP contribution in [0.1, 0.15) is 13.3 Å². The highest BCUT2D eigenvalue weighted by Crippen LogP contribution is 2.33. The number of rotatable bonds is 8. The zero-order chi connectivity index (χ0) is 17.0. The van der Waals surface area contributed by atoms with Gasteiger partial charge < -0.3 is 25.0 Å². The Kier molecular flexibility index (Phi) is 5.53. The average molecular weight is 344 g/mol. The molecule has 0 spiro atoms. The van der Waals surface area contributed by atoms with Crippen molar-refractivity contribution in [2.75, 3.05) is 31.5 Å². The molecule has 0 fully saturated rings. The Morgan fingerprint density at radius 3 is 2.78 bits per heavy atom. The number of nitrogen functional groups attached to an aromatic ring is 1. The van der Waals surface area contributed by atoms with E-state index in [4.69, 9.17) is 15.5 Å². The molecule has 5 N–H and O–H groups in total. The van der Waals surface area contributed by atoms with Gasteiger partial charge in [0.05, 0.1) is 12.5 Å². The maximum Gasteiger partial charge on any atom is 0.326 e. The van der Waals surface area contributed by atoms with Crippen molar-refractivity contribution in [1.82, 2.24) is 24.4 Å². The Morgan fingerprint density at radius 2 is 2.13 bits per heavy atom. The lowest BCUT2D eigenvalue weighted by Gasteiger charge is -2.22. The maximum absolute atomic E-state index is 11.7. The van der Waals surface area contributed by atoms with Crippen LogP contribution in [0, 0.1) is 0 Å². The molecule has 0 saturated heterocycles. The fourth-order valence-corrected chi connectivity index (χ4v) is 2.85. The highest BCUT2D eigenvalue weighted by Gasteiger charge is 2.16. The van der Waals surface area contributed by atoms with Crippen LogP contribution in [-0.2, 0) is 11.1 Å². The lowest BCUT2D eigenvalue weighted by molar-refractivity contribution is 0.270. The largest absolute Gasteiger partial charge is 0.369 e. The summed E-state index contributed by atoms with van der Waals surface area (Å²) in [7, 11) is -4.01. The zero-order valence-electron chi connectivity index (χ0n) is 12.8. The van der Waals surface area contributed by atoms with Gasteiger partial charge in [-0.05, 0) is 13.0 Å². The van der Waals surface area contributed by atoms with Gasteiger partial charge in [-0.1, -0.05) is 6.92 Å². The Morgan fingerprint density at radius 1 is 1.39 bits per heavy atom. The van der Waals surface area contributed by atoms with Gasteiger partial charge in [0.15, 0.2) is 11.2 Å². The minimum absolute atomic E-state index is 0.0242. The molecule has 0 atom stereocenters. The Labute approximate surface area is 132 Å². The van der Waals surface area contributed by atoms with Crippen LogP contribution < -0.4 is 11.3 Å².